The van der Waals surface area contributed by atoms with Gasteiger partial charge in [0.25, 0.3) is 0 Å². The highest BCUT2D eigenvalue weighted by atomic mass is 16.5. The number of ether oxygens (including phenoxy) is 1. The molecule has 2 nitrogen and oxygen atoms in total. The number of nitrogens with one attached hydrogen (secondary N) is 1. The van der Waals surface area contributed by atoms with Crippen LogP contribution in [0.4, 0.5) is 0 Å². The van der Waals surface area contributed by atoms with E-state index in [9.17, 15) is 0 Å². The Bertz CT molecular complexity index is 256. The summed E-state index contributed by atoms with van der Waals surface area (Å²) in [4.78, 5) is 0. The van der Waals surface area contributed by atoms with Crippen molar-refractivity contribution in [3.05, 3.63) is 0 Å². The lowest BCUT2D eigenvalue weighted by Crippen LogP contribution is -2.34. The van der Waals surface area contributed by atoms with Crippen molar-refractivity contribution < 1.29 is 4.74 Å². The second kappa shape index (κ2) is 5.92. The third kappa shape index (κ3) is 3.48. The molecule has 1 unspecified atom stereocenters. The molecule has 0 aromatic heterocycles. The lowest BCUT2D eigenvalue weighted by molar-refractivity contribution is -0.0623. The third-order valence-electron chi connectivity index (χ3n) is 5.14. The van der Waals surface area contributed by atoms with Gasteiger partial charge < -0.3 is 10.1 Å². The smallest absolute Gasteiger partial charge is 0.0708 e. The van der Waals surface area contributed by atoms with Crippen LogP contribution in [0.3, 0.4) is 0 Å². The van der Waals surface area contributed by atoms with Crippen LogP contribution in [0.15, 0.2) is 0 Å². The molecule has 2 saturated carbocycles. The Balaban J connectivity index is 1.29. The highest BCUT2D eigenvalue weighted by Gasteiger charge is 2.40. The van der Waals surface area contributed by atoms with Crippen LogP contribution >= 0.6 is 0 Å². The molecule has 3 aliphatic rings. The van der Waals surface area contributed by atoms with Gasteiger partial charge in [0.1, 0.15) is 0 Å². The molecule has 0 amide bonds. The van der Waals surface area contributed by atoms with Gasteiger partial charge in [0.15, 0.2) is 0 Å². The van der Waals surface area contributed by atoms with E-state index in [1.165, 1.54) is 77.2 Å². The average Bonchev–Trinajstić information content (AvgIpc) is 3.14. The SMILES string of the molecule is C1CCC2(CC1)CCC(CNCCCC1CC1)O2. The van der Waals surface area contributed by atoms with Crippen LogP contribution in [0.2, 0.25) is 0 Å². The van der Waals surface area contributed by atoms with Crippen molar-refractivity contribution in [1.29, 1.82) is 0 Å². The molecule has 3 rings (SSSR count). The molecule has 1 atom stereocenters. The summed E-state index contributed by atoms with van der Waals surface area (Å²) in [6.45, 7) is 2.29. The molecule has 18 heavy (non-hydrogen) atoms. The zero-order chi connectivity index (χ0) is 12.3. The van der Waals surface area contributed by atoms with Gasteiger partial charge in [-0.15, -0.1) is 0 Å². The normalized spacial score (nSPS) is 31.0. The van der Waals surface area contributed by atoms with E-state index in [1.54, 1.807) is 0 Å². The second-order valence-electron chi connectivity index (χ2n) is 6.81. The topological polar surface area (TPSA) is 21.3 Å². The van der Waals surface area contributed by atoms with Crippen molar-refractivity contribution in [3.63, 3.8) is 0 Å². The van der Waals surface area contributed by atoms with E-state index < -0.39 is 0 Å². The van der Waals surface area contributed by atoms with Crippen LogP contribution in [-0.4, -0.2) is 24.8 Å². The van der Waals surface area contributed by atoms with E-state index in [-0.39, 0.29) is 0 Å². The fourth-order valence-corrected chi connectivity index (χ4v) is 3.79. The standard InChI is InChI=1S/C16H29NO/c1-2-9-16(10-3-1)11-8-15(18-16)13-17-12-4-5-14-6-7-14/h14-15,17H,1-13H2. The Hall–Kier alpha value is -0.0800. The van der Waals surface area contributed by atoms with Crippen molar-refractivity contribution in [2.75, 3.05) is 13.1 Å². The summed E-state index contributed by atoms with van der Waals surface area (Å²) in [6, 6.07) is 0. The van der Waals surface area contributed by atoms with Gasteiger partial charge in [0.2, 0.25) is 0 Å². The van der Waals surface area contributed by atoms with Gasteiger partial charge in [-0.25, -0.2) is 0 Å². The lowest BCUT2D eigenvalue weighted by atomic mass is 9.83. The van der Waals surface area contributed by atoms with Gasteiger partial charge in [0, 0.05) is 6.54 Å². The van der Waals surface area contributed by atoms with Gasteiger partial charge >= 0.3 is 0 Å². The Morgan fingerprint density at radius 1 is 1.00 bits per heavy atom. The summed E-state index contributed by atoms with van der Waals surface area (Å²) < 4.78 is 6.37. The molecular weight excluding hydrogens is 222 g/mol. The zero-order valence-electron chi connectivity index (χ0n) is 11.8. The monoisotopic (exact) mass is 251 g/mol. The molecule has 0 bridgehead atoms. The summed E-state index contributed by atoms with van der Waals surface area (Å²) >= 11 is 0. The molecule has 0 aromatic carbocycles. The molecule has 3 fully saturated rings. The molecule has 1 N–H and O–H groups in total. The quantitative estimate of drug-likeness (QED) is 0.728. The van der Waals surface area contributed by atoms with Crippen LogP contribution in [0.1, 0.15) is 70.6 Å². The van der Waals surface area contributed by atoms with Crippen molar-refractivity contribution in [2.45, 2.75) is 82.3 Å². The number of hydrogen-bond acceptors (Lipinski definition) is 2. The van der Waals surface area contributed by atoms with Gasteiger partial charge in [-0.1, -0.05) is 32.1 Å². The van der Waals surface area contributed by atoms with Gasteiger partial charge in [-0.2, -0.15) is 0 Å². The number of hydrogen-bond donors (Lipinski definition) is 1. The minimum Gasteiger partial charge on any atom is -0.370 e. The first-order valence-electron chi connectivity index (χ1n) is 8.25. The van der Waals surface area contributed by atoms with E-state index in [4.69, 9.17) is 4.74 Å². The molecule has 1 heterocycles. The Kier molecular flexibility index (Phi) is 4.25. The second-order valence-corrected chi connectivity index (χ2v) is 6.81. The maximum absolute atomic E-state index is 6.37. The molecule has 1 aliphatic heterocycles. The van der Waals surface area contributed by atoms with Crippen molar-refractivity contribution in [3.8, 4) is 0 Å². The third-order valence-corrected chi connectivity index (χ3v) is 5.14. The first-order chi connectivity index (χ1) is 8.86. The predicted molar refractivity (Wildman–Crippen MR) is 74.8 cm³/mol. The minimum atomic E-state index is 0.304. The maximum Gasteiger partial charge on any atom is 0.0708 e. The van der Waals surface area contributed by atoms with E-state index in [0.29, 0.717) is 11.7 Å². The molecule has 1 spiro atoms. The molecule has 1 saturated heterocycles. The van der Waals surface area contributed by atoms with Gasteiger partial charge in [-0.05, 0) is 51.0 Å². The number of rotatable bonds is 6. The Morgan fingerprint density at radius 3 is 2.61 bits per heavy atom. The molecule has 0 radical (unpaired) electrons. The van der Waals surface area contributed by atoms with Crippen LogP contribution in [0, 0.1) is 5.92 Å². The van der Waals surface area contributed by atoms with Gasteiger partial charge in [-0.3, -0.25) is 0 Å². The van der Waals surface area contributed by atoms with Crippen molar-refractivity contribution >= 4 is 0 Å². The highest BCUT2D eigenvalue weighted by Crippen LogP contribution is 2.41. The Morgan fingerprint density at radius 2 is 1.83 bits per heavy atom. The van der Waals surface area contributed by atoms with Crippen molar-refractivity contribution in [2.24, 2.45) is 5.92 Å². The first-order valence-corrected chi connectivity index (χ1v) is 8.25. The molecule has 104 valence electrons. The summed E-state index contributed by atoms with van der Waals surface area (Å²) in [7, 11) is 0. The van der Waals surface area contributed by atoms with Crippen LogP contribution in [0.25, 0.3) is 0 Å². The van der Waals surface area contributed by atoms with Crippen LogP contribution in [-0.2, 0) is 4.74 Å². The molecule has 0 aromatic rings. The Labute approximate surface area is 112 Å². The fourth-order valence-electron chi connectivity index (χ4n) is 3.79. The largest absolute Gasteiger partial charge is 0.370 e. The van der Waals surface area contributed by atoms with Crippen molar-refractivity contribution in [1.82, 2.24) is 5.32 Å². The summed E-state index contributed by atoms with van der Waals surface area (Å²) in [6.07, 6.45) is 15.8. The summed E-state index contributed by atoms with van der Waals surface area (Å²) in [5, 5.41) is 3.61. The molecular formula is C16H29NO. The summed E-state index contributed by atoms with van der Waals surface area (Å²) in [5.41, 5.74) is 0.304. The van der Waals surface area contributed by atoms with E-state index in [1.807, 2.05) is 0 Å². The molecule has 2 heteroatoms. The minimum absolute atomic E-state index is 0.304. The fraction of sp³-hybridized carbons (Fsp3) is 1.00. The average molecular weight is 251 g/mol. The highest BCUT2D eigenvalue weighted by molar-refractivity contribution is 4.91. The van der Waals surface area contributed by atoms with Crippen LogP contribution < -0.4 is 5.32 Å². The van der Waals surface area contributed by atoms with Crippen LogP contribution in [0.5, 0.6) is 0 Å². The first kappa shape index (κ1) is 12.9. The predicted octanol–water partition coefficient (Wildman–Crippen LogP) is 3.65. The molecule has 2 aliphatic carbocycles. The zero-order valence-corrected chi connectivity index (χ0v) is 11.8. The van der Waals surface area contributed by atoms with E-state index >= 15 is 0 Å². The van der Waals surface area contributed by atoms with E-state index in [0.717, 1.165) is 12.5 Å². The van der Waals surface area contributed by atoms with Gasteiger partial charge in [0.05, 0.1) is 11.7 Å². The van der Waals surface area contributed by atoms with E-state index in [2.05, 4.69) is 5.32 Å². The lowest BCUT2D eigenvalue weighted by Gasteiger charge is -2.33. The summed E-state index contributed by atoms with van der Waals surface area (Å²) in [5.74, 6) is 1.08. The maximum atomic E-state index is 6.37.